The number of anilines is 1. The van der Waals surface area contributed by atoms with E-state index in [2.05, 4.69) is 21.4 Å². The van der Waals surface area contributed by atoms with Crippen LogP contribution in [0.4, 0.5) is 5.69 Å². The van der Waals surface area contributed by atoms with Crippen LogP contribution in [0, 0.1) is 11.3 Å². The minimum absolute atomic E-state index is 0.221. The Labute approximate surface area is 214 Å². The molecule has 5 rings (SSSR count). The van der Waals surface area contributed by atoms with E-state index in [0.717, 1.165) is 42.9 Å². The van der Waals surface area contributed by atoms with Gasteiger partial charge in [-0.25, -0.2) is 0 Å². The zero-order valence-electron chi connectivity index (χ0n) is 20.9. The predicted octanol–water partition coefficient (Wildman–Crippen LogP) is 4.73. The van der Waals surface area contributed by atoms with Gasteiger partial charge in [0.15, 0.2) is 5.58 Å². The van der Waals surface area contributed by atoms with Crippen molar-refractivity contribution in [1.82, 2.24) is 14.9 Å². The number of rotatable bonds is 6. The largest absolute Gasteiger partial charge is 0.496 e. The fraction of sp³-hybridized carbons (Fsp3) is 0.286. The highest BCUT2D eigenvalue weighted by atomic mass is 16.5. The molecule has 0 atom stereocenters. The standard InChI is InChI=1S/C28H27N5O4/c1-33(2)28(34)24-14-25(35-3)21(16-31-24)26-13-23-27(37-26)20(6-9-30-23)17-4-5-22(18(12-17)15-29)32-19-7-10-36-11-8-19/h4-6,9,12-14,16,19,32H,7-8,10-11H2,1-3H3. The summed E-state index contributed by atoms with van der Waals surface area (Å²) in [4.78, 5) is 22.6. The minimum Gasteiger partial charge on any atom is -0.496 e. The Morgan fingerprint density at radius 1 is 1.14 bits per heavy atom. The van der Waals surface area contributed by atoms with Crippen LogP contribution in [-0.4, -0.2) is 61.2 Å². The number of carbonyl (C=O) groups is 1. The molecule has 1 fully saturated rings. The molecule has 1 aliphatic heterocycles. The molecule has 4 heterocycles. The predicted molar refractivity (Wildman–Crippen MR) is 139 cm³/mol. The number of pyridine rings is 2. The van der Waals surface area contributed by atoms with Crippen molar-refractivity contribution in [2.45, 2.75) is 18.9 Å². The normalized spacial score (nSPS) is 13.8. The molecule has 1 amide bonds. The summed E-state index contributed by atoms with van der Waals surface area (Å²) >= 11 is 0. The highest BCUT2D eigenvalue weighted by Gasteiger charge is 2.20. The van der Waals surface area contributed by atoms with Crippen LogP contribution >= 0.6 is 0 Å². The number of nitriles is 1. The van der Waals surface area contributed by atoms with E-state index in [1.54, 1.807) is 32.6 Å². The number of benzene rings is 1. The van der Waals surface area contributed by atoms with Gasteiger partial charge in [-0.2, -0.15) is 5.26 Å². The molecule has 1 aromatic carbocycles. The van der Waals surface area contributed by atoms with E-state index in [1.807, 2.05) is 30.3 Å². The number of nitrogens with zero attached hydrogens (tertiary/aromatic N) is 4. The average Bonchev–Trinajstić information content (AvgIpc) is 3.37. The molecule has 9 nitrogen and oxygen atoms in total. The Morgan fingerprint density at radius 3 is 2.68 bits per heavy atom. The average molecular weight is 498 g/mol. The molecule has 3 aromatic heterocycles. The molecule has 37 heavy (non-hydrogen) atoms. The van der Waals surface area contributed by atoms with Gasteiger partial charge in [-0.1, -0.05) is 6.07 Å². The second kappa shape index (κ2) is 10.3. The molecule has 0 saturated carbocycles. The van der Waals surface area contributed by atoms with E-state index in [-0.39, 0.29) is 17.6 Å². The minimum atomic E-state index is -0.221. The zero-order valence-corrected chi connectivity index (χ0v) is 20.9. The molecule has 4 aromatic rings. The topological polar surface area (TPSA) is 114 Å². The summed E-state index contributed by atoms with van der Waals surface area (Å²) in [5, 5.41) is 13.3. The van der Waals surface area contributed by atoms with Crippen molar-refractivity contribution in [3.8, 4) is 34.3 Å². The first-order chi connectivity index (χ1) is 18.0. The molecule has 9 heteroatoms. The molecule has 0 spiro atoms. The van der Waals surface area contributed by atoms with Crippen LogP contribution in [0.3, 0.4) is 0 Å². The molecule has 0 unspecified atom stereocenters. The van der Waals surface area contributed by atoms with Gasteiger partial charge in [0.25, 0.3) is 5.91 Å². The summed E-state index contributed by atoms with van der Waals surface area (Å²) in [6, 6.07) is 13.7. The lowest BCUT2D eigenvalue weighted by molar-refractivity contribution is 0.0821. The van der Waals surface area contributed by atoms with Crippen LogP contribution < -0.4 is 10.1 Å². The first-order valence-electron chi connectivity index (χ1n) is 12.0. The molecule has 1 saturated heterocycles. The lowest BCUT2D eigenvalue weighted by Crippen LogP contribution is -2.28. The summed E-state index contributed by atoms with van der Waals surface area (Å²) in [5.74, 6) is 0.763. The lowest BCUT2D eigenvalue weighted by atomic mass is 10.0. The SMILES string of the molecule is COc1cc(C(=O)N(C)C)ncc1-c1cc2nccc(-c3ccc(NC4CCOCC4)c(C#N)c3)c2o1. The number of aromatic nitrogens is 2. The number of methoxy groups -OCH3 is 1. The number of hydrogen-bond donors (Lipinski definition) is 1. The second-order valence-electron chi connectivity index (χ2n) is 9.06. The third-order valence-corrected chi connectivity index (χ3v) is 6.42. The monoisotopic (exact) mass is 497 g/mol. The van der Waals surface area contributed by atoms with Crippen molar-refractivity contribution in [2.75, 3.05) is 39.7 Å². The third kappa shape index (κ3) is 4.84. The van der Waals surface area contributed by atoms with Crippen LogP contribution in [0.25, 0.3) is 33.6 Å². The number of amides is 1. The highest BCUT2D eigenvalue weighted by molar-refractivity contribution is 5.95. The van der Waals surface area contributed by atoms with E-state index in [1.165, 1.54) is 12.0 Å². The van der Waals surface area contributed by atoms with Gasteiger partial charge in [0.05, 0.1) is 23.9 Å². The summed E-state index contributed by atoms with van der Waals surface area (Å²) in [7, 11) is 4.87. The first-order valence-corrected chi connectivity index (χ1v) is 12.0. The summed E-state index contributed by atoms with van der Waals surface area (Å²) in [6.45, 7) is 1.45. The van der Waals surface area contributed by atoms with E-state index in [4.69, 9.17) is 13.9 Å². The Kier molecular flexibility index (Phi) is 6.75. The third-order valence-electron chi connectivity index (χ3n) is 6.42. The molecule has 1 aliphatic rings. The maximum absolute atomic E-state index is 12.3. The molecule has 0 radical (unpaired) electrons. The van der Waals surface area contributed by atoms with Crippen LogP contribution in [-0.2, 0) is 4.74 Å². The van der Waals surface area contributed by atoms with Crippen molar-refractivity contribution < 1.29 is 18.7 Å². The van der Waals surface area contributed by atoms with Crippen molar-refractivity contribution in [2.24, 2.45) is 0 Å². The lowest BCUT2D eigenvalue weighted by Gasteiger charge is -2.24. The van der Waals surface area contributed by atoms with Gasteiger partial charge >= 0.3 is 0 Å². The van der Waals surface area contributed by atoms with Crippen LogP contribution in [0.15, 0.2) is 53.2 Å². The number of ether oxygens (including phenoxy) is 2. The van der Waals surface area contributed by atoms with E-state index >= 15 is 0 Å². The molecule has 0 bridgehead atoms. The smallest absolute Gasteiger partial charge is 0.272 e. The molecule has 1 N–H and O–H groups in total. The first kappa shape index (κ1) is 24.3. The van der Waals surface area contributed by atoms with Crippen molar-refractivity contribution in [1.29, 1.82) is 5.26 Å². The van der Waals surface area contributed by atoms with Crippen molar-refractivity contribution in [3.63, 3.8) is 0 Å². The van der Waals surface area contributed by atoms with Crippen molar-refractivity contribution in [3.05, 3.63) is 60.0 Å². The number of hydrogen-bond acceptors (Lipinski definition) is 8. The van der Waals surface area contributed by atoms with E-state index in [9.17, 15) is 10.1 Å². The Morgan fingerprint density at radius 2 is 1.95 bits per heavy atom. The Hall–Kier alpha value is -4.42. The van der Waals surface area contributed by atoms with E-state index < -0.39 is 0 Å². The number of fused-ring (bicyclic) bond motifs is 1. The Bertz CT molecular complexity index is 1500. The summed E-state index contributed by atoms with van der Waals surface area (Å²) < 4.78 is 17.2. The van der Waals surface area contributed by atoms with Gasteiger partial charge in [-0.15, -0.1) is 0 Å². The highest BCUT2D eigenvalue weighted by Crippen LogP contribution is 2.38. The van der Waals surface area contributed by atoms with Gasteiger partial charge < -0.3 is 24.1 Å². The van der Waals surface area contributed by atoms with Crippen LogP contribution in [0.2, 0.25) is 0 Å². The zero-order chi connectivity index (χ0) is 25.9. The maximum Gasteiger partial charge on any atom is 0.272 e. The fourth-order valence-electron chi connectivity index (χ4n) is 4.43. The van der Waals surface area contributed by atoms with E-state index in [0.29, 0.717) is 33.7 Å². The van der Waals surface area contributed by atoms with Crippen molar-refractivity contribution >= 4 is 22.7 Å². The van der Waals surface area contributed by atoms with Gasteiger partial charge in [-0.05, 0) is 36.6 Å². The molecule has 0 aliphatic carbocycles. The van der Waals surface area contributed by atoms with Crippen LogP contribution in [0.5, 0.6) is 5.75 Å². The number of carbonyl (C=O) groups excluding carboxylic acids is 1. The van der Waals surface area contributed by atoms with Gasteiger partial charge in [0.1, 0.15) is 28.8 Å². The quantitative estimate of drug-likeness (QED) is 0.407. The number of nitrogens with one attached hydrogen (secondary N) is 1. The maximum atomic E-state index is 12.3. The van der Waals surface area contributed by atoms with Gasteiger partial charge in [0.2, 0.25) is 0 Å². The fourth-order valence-corrected chi connectivity index (χ4v) is 4.43. The molecular formula is C28H27N5O4. The van der Waals surface area contributed by atoms with Crippen LogP contribution in [0.1, 0.15) is 28.9 Å². The number of furan rings is 1. The molecular weight excluding hydrogens is 470 g/mol. The second-order valence-corrected chi connectivity index (χ2v) is 9.06. The summed E-state index contributed by atoms with van der Waals surface area (Å²) in [6.07, 6.45) is 5.10. The summed E-state index contributed by atoms with van der Waals surface area (Å²) in [5.41, 5.74) is 5.16. The van der Waals surface area contributed by atoms with Gasteiger partial charge in [-0.3, -0.25) is 14.8 Å². The Balaban J connectivity index is 1.51. The molecule has 188 valence electrons. The van der Waals surface area contributed by atoms with Gasteiger partial charge in [0, 0.05) is 63.4 Å².